The van der Waals surface area contributed by atoms with E-state index in [9.17, 15) is 14.4 Å². The molecule has 0 spiro atoms. The Bertz CT molecular complexity index is 1160. The van der Waals surface area contributed by atoms with Gasteiger partial charge in [0.15, 0.2) is 11.5 Å². The Kier molecular flexibility index (Phi) is 7.56. The standard InChI is InChI=1S/C25H30ClN3O6S/c1-13-10-19(36-5)17(23(31)28-13)12-27-22(30)16-11-18(26)21-20(14(16)2)34-25(3,35-21)15-6-8-29(9-7-15)24(32)33-4/h10-11,15,17H,6-9,12H2,1-5H3,(H,27,30). The van der Waals surface area contributed by atoms with Crippen molar-refractivity contribution in [1.29, 1.82) is 0 Å². The zero-order valence-corrected chi connectivity index (χ0v) is 22.5. The largest absolute Gasteiger partial charge is 0.453 e. The fourth-order valence-corrected chi connectivity index (χ4v) is 5.85. The molecule has 2 unspecified atom stereocenters. The molecule has 4 rings (SSSR count). The molecule has 9 nitrogen and oxygen atoms in total. The lowest BCUT2D eigenvalue weighted by Gasteiger charge is -2.38. The number of rotatable bonds is 5. The van der Waals surface area contributed by atoms with Crippen LogP contribution in [-0.4, -0.2) is 67.3 Å². The van der Waals surface area contributed by atoms with Crippen LogP contribution < -0.4 is 14.8 Å². The molecular weight excluding hydrogens is 506 g/mol. The van der Waals surface area contributed by atoms with Gasteiger partial charge in [0.2, 0.25) is 0 Å². The van der Waals surface area contributed by atoms with Gasteiger partial charge in [0, 0.05) is 54.2 Å². The molecular formula is C25H30ClN3O6S. The number of nitrogens with one attached hydrogen (secondary N) is 1. The molecule has 1 saturated heterocycles. The van der Waals surface area contributed by atoms with E-state index in [0.29, 0.717) is 54.3 Å². The first-order chi connectivity index (χ1) is 17.1. The van der Waals surface area contributed by atoms with Crippen molar-refractivity contribution in [3.63, 3.8) is 0 Å². The van der Waals surface area contributed by atoms with Gasteiger partial charge in [-0.25, -0.2) is 9.79 Å². The lowest BCUT2D eigenvalue weighted by molar-refractivity contribution is -0.123. The van der Waals surface area contributed by atoms with Crippen LogP contribution in [-0.2, 0) is 9.53 Å². The third kappa shape index (κ3) is 4.93. The second kappa shape index (κ2) is 10.3. The van der Waals surface area contributed by atoms with Crippen LogP contribution in [0.15, 0.2) is 22.0 Å². The molecule has 0 bridgehead atoms. The molecule has 36 heavy (non-hydrogen) atoms. The Morgan fingerprint density at radius 2 is 1.94 bits per heavy atom. The first-order valence-electron chi connectivity index (χ1n) is 11.7. The highest BCUT2D eigenvalue weighted by molar-refractivity contribution is 8.02. The number of methoxy groups -OCH3 is 1. The lowest BCUT2D eigenvalue weighted by Crippen LogP contribution is -2.49. The van der Waals surface area contributed by atoms with E-state index >= 15 is 0 Å². The van der Waals surface area contributed by atoms with E-state index in [1.165, 1.54) is 18.9 Å². The van der Waals surface area contributed by atoms with E-state index in [1.54, 1.807) is 24.8 Å². The second-order valence-electron chi connectivity index (χ2n) is 9.25. The maximum atomic E-state index is 13.1. The molecule has 1 aromatic rings. The molecule has 1 fully saturated rings. The molecule has 3 heterocycles. The minimum atomic E-state index is -0.976. The van der Waals surface area contributed by atoms with E-state index in [-0.39, 0.29) is 35.4 Å². The third-order valence-electron chi connectivity index (χ3n) is 6.94. The molecule has 0 aromatic heterocycles. The lowest BCUT2D eigenvalue weighted by atomic mass is 9.89. The number of piperidine rings is 1. The Labute approximate surface area is 219 Å². The second-order valence-corrected chi connectivity index (χ2v) is 10.5. The van der Waals surface area contributed by atoms with Gasteiger partial charge < -0.3 is 24.4 Å². The van der Waals surface area contributed by atoms with Crippen molar-refractivity contribution in [3.05, 3.63) is 33.2 Å². The van der Waals surface area contributed by atoms with Crippen molar-refractivity contribution < 1.29 is 28.6 Å². The van der Waals surface area contributed by atoms with Gasteiger partial charge in [-0.3, -0.25) is 9.59 Å². The minimum Gasteiger partial charge on any atom is -0.453 e. The summed E-state index contributed by atoms with van der Waals surface area (Å²) in [7, 11) is 1.37. The number of carbonyl (C=O) groups is 3. The Hall–Kier alpha value is -2.72. The highest BCUT2D eigenvalue weighted by Gasteiger charge is 2.47. The fraction of sp³-hybridized carbons (Fsp3) is 0.520. The van der Waals surface area contributed by atoms with Crippen LogP contribution in [0.4, 0.5) is 4.79 Å². The van der Waals surface area contributed by atoms with Crippen molar-refractivity contribution in [2.45, 2.75) is 39.4 Å². The number of dihydropyridines is 1. The maximum absolute atomic E-state index is 13.1. The number of allylic oxidation sites excluding steroid dienone is 1. The zero-order valence-electron chi connectivity index (χ0n) is 21.0. The quantitative estimate of drug-likeness (QED) is 0.602. The van der Waals surface area contributed by atoms with Gasteiger partial charge in [0.05, 0.1) is 18.1 Å². The van der Waals surface area contributed by atoms with Crippen LogP contribution in [0.5, 0.6) is 11.5 Å². The van der Waals surface area contributed by atoms with Gasteiger partial charge in [-0.1, -0.05) is 11.6 Å². The summed E-state index contributed by atoms with van der Waals surface area (Å²) in [6, 6.07) is 1.57. The summed E-state index contributed by atoms with van der Waals surface area (Å²) in [6.45, 7) is 6.61. The maximum Gasteiger partial charge on any atom is 0.409 e. The SMILES string of the molecule is COC(=O)N1CCC(C2(C)Oc3c(Cl)cc(C(=O)NCC4C(=O)N=C(C)C=C4SC)c(C)c3O2)CC1. The Balaban J connectivity index is 1.47. The van der Waals surface area contributed by atoms with Gasteiger partial charge in [0.1, 0.15) is 0 Å². The van der Waals surface area contributed by atoms with Crippen LogP contribution in [0.2, 0.25) is 5.02 Å². The summed E-state index contributed by atoms with van der Waals surface area (Å²) < 4.78 is 17.3. The number of halogens is 1. The van der Waals surface area contributed by atoms with Crippen LogP contribution in [0.3, 0.4) is 0 Å². The molecule has 0 saturated carbocycles. The average Bonchev–Trinajstić information content (AvgIpc) is 3.24. The minimum absolute atomic E-state index is 0.0108. The van der Waals surface area contributed by atoms with Crippen LogP contribution in [0.25, 0.3) is 0 Å². The topological polar surface area (TPSA) is 107 Å². The van der Waals surface area contributed by atoms with Crippen LogP contribution >= 0.6 is 23.4 Å². The van der Waals surface area contributed by atoms with E-state index in [4.69, 9.17) is 25.8 Å². The van der Waals surface area contributed by atoms with Crippen molar-refractivity contribution >= 4 is 47.0 Å². The Morgan fingerprint density at radius 1 is 1.28 bits per heavy atom. The number of nitrogens with zero attached hydrogens (tertiary/aromatic N) is 2. The summed E-state index contributed by atoms with van der Waals surface area (Å²) in [5, 5.41) is 3.13. The first-order valence-corrected chi connectivity index (χ1v) is 13.3. The highest BCUT2D eigenvalue weighted by atomic mass is 35.5. The van der Waals surface area contributed by atoms with Gasteiger partial charge in [0.25, 0.3) is 17.6 Å². The van der Waals surface area contributed by atoms with Crippen LogP contribution in [0.1, 0.15) is 42.6 Å². The molecule has 0 aliphatic carbocycles. The molecule has 3 aliphatic heterocycles. The van der Waals surface area contributed by atoms with Crippen molar-refractivity contribution in [1.82, 2.24) is 10.2 Å². The fourth-order valence-electron chi connectivity index (χ4n) is 4.86. The number of carbonyl (C=O) groups excluding carboxylic acids is 3. The molecule has 194 valence electrons. The number of aliphatic imine (C=N–C) groups is 1. The summed E-state index contributed by atoms with van der Waals surface area (Å²) in [4.78, 5) is 43.9. The van der Waals surface area contributed by atoms with Gasteiger partial charge >= 0.3 is 6.09 Å². The monoisotopic (exact) mass is 535 g/mol. The van der Waals surface area contributed by atoms with E-state index in [2.05, 4.69) is 10.3 Å². The number of likely N-dealkylation sites (tertiary alicyclic amines) is 1. The average molecular weight is 536 g/mol. The first kappa shape index (κ1) is 26.3. The smallest absolute Gasteiger partial charge is 0.409 e. The number of thioether (sulfide) groups is 1. The van der Waals surface area contributed by atoms with E-state index < -0.39 is 11.7 Å². The summed E-state index contributed by atoms with van der Waals surface area (Å²) in [6.07, 6.45) is 4.76. The third-order valence-corrected chi connectivity index (χ3v) is 8.10. The molecule has 0 radical (unpaired) electrons. The van der Waals surface area contributed by atoms with Crippen molar-refractivity contribution in [3.8, 4) is 11.5 Å². The van der Waals surface area contributed by atoms with Gasteiger partial charge in [-0.2, -0.15) is 0 Å². The predicted molar refractivity (Wildman–Crippen MR) is 138 cm³/mol. The molecule has 2 atom stereocenters. The predicted octanol–water partition coefficient (Wildman–Crippen LogP) is 4.21. The van der Waals surface area contributed by atoms with E-state index in [1.807, 2.05) is 19.3 Å². The number of fused-ring (bicyclic) bond motifs is 1. The molecule has 11 heteroatoms. The van der Waals surface area contributed by atoms with Gasteiger partial charge in [-0.05, 0) is 45.1 Å². The molecule has 3 aliphatic rings. The summed E-state index contributed by atoms with van der Waals surface area (Å²) >= 11 is 8.00. The zero-order chi connectivity index (χ0) is 26.2. The van der Waals surface area contributed by atoms with Gasteiger partial charge in [-0.15, -0.1) is 11.8 Å². The number of ether oxygens (including phenoxy) is 3. The van der Waals surface area contributed by atoms with Crippen LogP contribution in [0, 0.1) is 18.8 Å². The highest BCUT2D eigenvalue weighted by Crippen LogP contribution is 2.51. The number of benzene rings is 1. The van der Waals surface area contributed by atoms with Crippen molar-refractivity contribution in [2.24, 2.45) is 16.8 Å². The Morgan fingerprint density at radius 3 is 2.58 bits per heavy atom. The van der Waals surface area contributed by atoms with Crippen molar-refractivity contribution in [2.75, 3.05) is 33.0 Å². The normalized spacial score (nSPS) is 23.8. The number of hydrogen-bond donors (Lipinski definition) is 1. The summed E-state index contributed by atoms with van der Waals surface area (Å²) in [5.41, 5.74) is 1.61. The number of amides is 3. The van der Waals surface area contributed by atoms with E-state index in [0.717, 1.165) is 4.91 Å². The number of hydrogen-bond acceptors (Lipinski definition) is 7. The summed E-state index contributed by atoms with van der Waals surface area (Å²) in [5.74, 6) is -1.27. The molecule has 3 amide bonds. The molecule has 1 aromatic carbocycles. The molecule has 1 N–H and O–H groups in total.